The van der Waals surface area contributed by atoms with Crippen LogP contribution in [0.4, 0.5) is 0 Å². The average Bonchev–Trinajstić information content (AvgIpc) is 3.16. The monoisotopic (exact) mass is 395 g/mol. The van der Waals surface area contributed by atoms with Crippen LogP contribution in [-0.4, -0.2) is 14.5 Å². The standard InChI is InChI=1S/C25H18ClN3/c1-17-27-22(18-10-4-2-5-11-18)16-29(17)25-21-15-9-8-14-20(21)23(24(26)28-25)19-12-6-3-7-13-19/h2-16H,1H3. The van der Waals surface area contributed by atoms with Crippen molar-refractivity contribution in [1.29, 1.82) is 0 Å². The molecule has 0 fully saturated rings. The first-order chi connectivity index (χ1) is 14.2. The molecule has 5 rings (SSSR count). The third kappa shape index (κ3) is 3.10. The summed E-state index contributed by atoms with van der Waals surface area (Å²) in [6, 6.07) is 28.5. The van der Waals surface area contributed by atoms with Crippen LogP contribution in [0.2, 0.25) is 5.15 Å². The third-order valence-corrected chi connectivity index (χ3v) is 5.36. The van der Waals surface area contributed by atoms with Crippen LogP contribution in [0.3, 0.4) is 0 Å². The van der Waals surface area contributed by atoms with Crippen LogP contribution in [0, 0.1) is 6.92 Å². The fraction of sp³-hybridized carbons (Fsp3) is 0.0400. The molecule has 0 amide bonds. The smallest absolute Gasteiger partial charge is 0.147 e. The molecule has 0 unspecified atom stereocenters. The Kier molecular flexibility index (Phi) is 4.38. The number of rotatable bonds is 3. The minimum atomic E-state index is 0.485. The predicted molar refractivity (Wildman–Crippen MR) is 119 cm³/mol. The average molecular weight is 396 g/mol. The maximum absolute atomic E-state index is 6.72. The van der Waals surface area contributed by atoms with Crippen molar-refractivity contribution in [3.63, 3.8) is 0 Å². The summed E-state index contributed by atoms with van der Waals surface area (Å²) in [5, 5.41) is 2.60. The zero-order chi connectivity index (χ0) is 19.8. The third-order valence-electron chi connectivity index (χ3n) is 5.09. The SMILES string of the molecule is Cc1nc(-c2ccccc2)cn1-c1nc(Cl)c(-c2ccccc2)c2ccccc12. The summed E-state index contributed by atoms with van der Waals surface area (Å²) >= 11 is 6.72. The number of aryl methyl sites for hydroxylation is 1. The van der Waals surface area contributed by atoms with Crippen molar-refractivity contribution in [2.45, 2.75) is 6.92 Å². The van der Waals surface area contributed by atoms with Crippen LogP contribution in [0.15, 0.2) is 91.1 Å². The van der Waals surface area contributed by atoms with Crippen LogP contribution >= 0.6 is 11.6 Å². The molecule has 0 saturated heterocycles. The van der Waals surface area contributed by atoms with E-state index in [0.717, 1.165) is 44.8 Å². The Morgan fingerprint density at radius 2 is 1.28 bits per heavy atom. The molecule has 0 aliphatic heterocycles. The van der Waals surface area contributed by atoms with E-state index in [9.17, 15) is 0 Å². The first-order valence-electron chi connectivity index (χ1n) is 9.48. The second-order valence-electron chi connectivity index (χ2n) is 6.92. The molecule has 2 aromatic heterocycles. The fourth-order valence-electron chi connectivity index (χ4n) is 3.71. The molecule has 0 radical (unpaired) electrons. The van der Waals surface area contributed by atoms with E-state index in [1.807, 2.05) is 66.2 Å². The Morgan fingerprint density at radius 1 is 0.690 bits per heavy atom. The Morgan fingerprint density at radius 3 is 1.97 bits per heavy atom. The van der Waals surface area contributed by atoms with E-state index in [-0.39, 0.29) is 0 Å². The Hall–Kier alpha value is -3.43. The molecule has 3 nitrogen and oxygen atoms in total. The van der Waals surface area contributed by atoms with E-state index in [4.69, 9.17) is 21.6 Å². The molecule has 5 aromatic rings. The Labute approximate surface area is 174 Å². The van der Waals surface area contributed by atoms with Gasteiger partial charge in [0.05, 0.1) is 5.69 Å². The summed E-state index contributed by atoms with van der Waals surface area (Å²) in [6.45, 7) is 1.99. The van der Waals surface area contributed by atoms with Crippen molar-refractivity contribution in [2.75, 3.05) is 0 Å². The van der Waals surface area contributed by atoms with Gasteiger partial charge in [-0.15, -0.1) is 0 Å². The molecule has 0 atom stereocenters. The second kappa shape index (κ2) is 7.19. The quantitative estimate of drug-likeness (QED) is 0.317. The highest BCUT2D eigenvalue weighted by Crippen LogP contribution is 2.37. The lowest BCUT2D eigenvalue weighted by atomic mass is 10.0. The van der Waals surface area contributed by atoms with Gasteiger partial charge in [-0.1, -0.05) is 96.5 Å². The van der Waals surface area contributed by atoms with E-state index in [0.29, 0.717) is 5.15 Å². The largest absolute Gasteiger partial charge is 0.287 e. The van der Waals surface area contributed by atoms with Crippen LogP contribution in [0.1, 0.15) is 5.82 Å². The molecule has 3 aromatic carbocycles. The highest BCUT2D eigenvalue weighted by molar-refractivity contribution is 6.34. The van der Waals surface area contributed by atoms with Gasteiger partial charge in [-0.3, -0.25) is 4.57 Å². The van der Waals surface area contributed by atoms with Crippen molar-refractivity contribution in [2.24, 2.45) is 0 Å². The molecule has 0 N–H and O–H groups in total. The van der Waals surface area contributed by atoms with Gasteiger partial charge in [0.2, 0.25) is 0 Å². The van der Waals surface area contributed by atoms with E-state index in [1.165, 1.54) is 0 Å². The molecule has 0 saturated carbocycles. The Balaban J connectivity index is 1.75. The molecule has 2 heterocycles. The molecule has 4 heteroatoms. The summed E-state index contributed by atoms with van der Waals surface area (Å²) in [5.74, 6) is 1.66. The number of aromatic nitrogens is 3. The van der Waals surface area contributed by atoms with Crippen molar-refractivity contribution in [1.82, 2.24) is 14.5 Å². The van der Waals surface area contributed by atoms with E-state index >= 15 is 0 Å². The fourth-order valence-corrected chi connectivity index (χ4v) is 4.01. The van der Waals surface area contributed by atoms with Crippen molar-refractivity contribution >= 4 is 22.4 Å². The molecular formula is C25H18ClN3. The topological polar surface area (TPSA) is 30.7 Å². The van der Waals surface area contributed by atoms with Gasteiger partial charge in [-0.25, -0.2) is 9.97 Å². The van der Waals surface area contributed by atoms with Crippen molar-refractivity contribution in [3.8, 4) is 28.2 Å². The van der Waals surface area contributed by atoms with Gasteiger partial charge in [0.25, 0.3) is 0 Å². The summed E-state index contributed by atoms with van der Waals surface area (Å²) in [4.78, 5) is 9.56. The molecular weight excluding hydrogens is 378 g/mol. The summed E-state index contributed by atoms with van der Waals surface area (Å²) in [6.07, 6.45) is 2.03. The van der Waals surface area contributed by atoms with Gasteiger partial charge in [0, 0.05) is 22.7 Å². The van der Waals surface area contributed by atoms with Crippen LogP contribution in [0.25, 0.3) is 39.0 Å². The summed E-state index contributed by atoms with van der Waals surface area (Å²) in [5.41, 5.74) is 4.00. The van der Waals surface area contributed by atoms with Crippen LogP contribution in [0.5, 0.6) is 0 Å². The number of imidazole rings is 1. The van der Waals surface area contributed by atoms with Crippen LogP contribution < -0.4 is 0 Å². The number of benzene rings is 3. The Bertz CT molecular complexity index is 1310. The lowest BCUT2D eigenvalue weighted by Gasteiger charge is -2.14. The molecule has 29 heavy (non-hydrogen) atoms. The van der Waals surface area contributed by atoms with Gasteiger partial charge in [-0.05, 0) is 17.9 Å². The predicted octanol–water partition coefficient (Wildman–Crippen LogP) is 6.72. The van der Waals surface area contributed by atoms with E-state index in [1.54, 1.807) is 0 Å². The minimum Gasteiger partial charge on any atom is -0.287 e. The molecule has 0 aliphatic carbocycles. The summed E-state index contributed by atoms with van der Waals surface area (Å²) < 4.78 is 2.02. The maximum atomic E-state index is 6.72. The molecule has 0 aliphatic rings. The van der Waals surface area contributed by atoms with Gasteiger partial charge in [0.15, 0.2) is 0 Å². The van der Waals surface area contributed by atoms with Crippen LogP contribution in [-0.2, 0) is 0 Å². The van der Waals surface area contributed by atoms with Gasteiger partial charge < -0.3 is 0 Å². The zero-order valence-electron chi connectivity index (χ0n) is 15.9. The van der Waals surface area contributed by atoms with E-state index < -0.39 is 0 Å². The first-order valence-corrected chi connectivity index (χ1v) is 9.85. The highest BCUT2D eigenvalue weighted by atomic mass is 35.5. The number of fused-ring (bicyclic) bond motifs is 1. The lowest BCUT2D eigenvalue weighted by Crippen LogP contribution is -2.01. The maximum Gasteiger partial charge on any atom is 0.147 e. The lowest BCUT2D eigenvalue weighted by molar-refractivity contribution is 0.944. The molecule has 0 bridgehead atoms. The number of pyridine rings is 1. The number of nitrogens with zero attached hydrogens (tertiary/aromatic N) is 3. The van der Waals surface area contributed by atoms with Gasteiger partial charge in [-0.2, -0.15) is 0 Å². The normalized spacial score (nSPS) is 11.1. The summed E-state index contributed by atoms with van der Waals surface area (Å²) in [7, 11) is 0. The number of halogens is 1. The highest BCUT2D eigenvalue weighted by Gasteiger charge is 2.17. The van der Waals surface area contributed by atoms with Gasteiger partial charge >= 0.3 is 0 Å². The number of hydrogen-bond acceptors (Lipinski definition) is 2. The van der Waals surface area contributed by atoms with Gasteiger partial charge in [0.1, 0.15) is 16.8 Å². The van der Waals surface area contributed by atoms with Crippen molar-refractivity contribution in [3.05, 3.63) is 102 Å². The molecule has 140 valence electrons. The van der Waals surface area contributed by atoms with Crippen molar-refractivity contribution < 1.29 is 0 Å². The number of hydrogen-bond donors (Lipinski definition) is 0. The zero-order valence-corrected chi connectivity index (χ0v) is 16.6. The molecule has 0 spiro atoms. The first kappa shape index (κ1) is 17.7. The van der Waals surface area contributed by atoms with E-state index in [2.05, 4.69) is 36.4 Å². The minimum absolute atomic E-state index is 0.485. The second-order valence-corrected chi connectivity index (χ2v) is 7.28.